The fraction of sp³-hybridized carbons (Fsp3) is 0.700. The van der Waals surface area contributed by atoms with Crippen molar-refractivity contribution < 1.29 is 9.53 Å². The van der Waals surface area contributed by atoms with Gasteiger partial charge in [-0.1, -0.05) is 12.2 Å². The summed E-state index contributed by atoms with van der Waals surface area (Å²) < 4.78 is 5.20. The summed E-state index contributed by atoms with van der Waals surface area (Å²) in [5, 5.41) is 0. The van der Waals surface area contributed by atoms with Gasteiger partial charge in [0.25, 0.3) is 0 Å². The minimum atomic E-state index is 0.131. The van der Waals surface area contributed by atoms with E-state index in [1.807, 2.05) is 4.90 Å². The van der Waals surface area contributed by atoms with Crippen molar-refractivity contribution >= 4 is 5.91 Å². The monoisotopic (exact) mass is 181 g/mol. The Morgan fingerprint density at radius 2 is 2.38 bits per heavy atom. The number of carbonyl (C=O) groups excluding carboxylic acids is 1. The average Bonchev–Trinajstić information content (AvgIpc) is 2.71. The molecule has 1 atom stereocenters. The third-order valence-electron chi connectivity index (χ3n) is 2.65. The van der Waals surface area contributed by atoms with Gasteiger partial charge in [-0.25, -0.2) is 0 Å². The van der Waals surface area contributed by atoms with Gasteiger partial charge in [-0.2, -0.15) is 0 Å². The van der Waals surface area contributed by atoms with Crippen LogP contribution in [0, 0.1) is 5.92 Å². The Hall–Kier alpha value is -0.830. The summed E-state index contributed by atoms with van der Waals surface area (Å²) in [5.74, 6) is 0.411. The van der Waals surface area contributed by atoms with E-state index in [9.17, 15) is 4.79 Å². The lowest BCUT2D eigenvalue weighted by atomic mass is 10.1. The summed E-state index contributed by atoms with van der Waals surface area (Å²) in [5.41, 5.74) is 0. The molecule has 0 aliphatic carbocycles. The maximum atomic E-state index is 11.8. The summed E-state index contributed by atoms with van der Waals surface area (Å²) in [6.07, 6.45) is 6.10. The molecule has 0 radical (unpaired) electrons. The van der Waals surface area contributed by atoms with Crippen molar-refractivity contribution in [3.8, 4) is 0 Å². The van der Waals surface area contributed by atoms with Crippen molar-refractivity contribution in [2.24, 2.45) is 5.92 Å². The molecule has 1 unspecified atom stereocenters. The van der Waals surface area contributed by atoms with Crippen molar-refractivity contribution in [3.05, 3.63) is 12.2 Å². The van der Waals surface area contributed by atoms with Gasteiger partial charge in [0, 0.05) is 19.7 Å². The zero-order valence-electron chi connectivity index (χ0n) is 7.74. The van der Waals surface area contributed by atoms with Crippen LogP contribution in [0.2, 0.25) is 0 Å². The highest BCUT2D eigenvalue weighted by Gasteiger charge is 2.27. The molecule has 2 heterocycles. The van der Waals surface area contributed by atoms with Gasteiger partial charge < -0.3 is 9.64 Å². The predicted octanol–water partition coefficient (Wildman–Crippen LogP) is 0.811. The lowest BCUT2D eigenvalue weighted by molar-refractivity contribution is -0.135. The molecule has 0 bridgehead atoms. The standard InChI is InChI=1S/C10H15NO2/c12-10(9-4-7-13-8-9)11-5-2-1-3-6-11/h1-2,9H,3-8H2. The molecule has 2 aliphatic rings. The van der Waals surface area contributed by atoms with E-state index in [4.69, 9.17) is 4.74 Å². The zero-order valence-corrected chi connectivity index (χ0v) is 7.74. The SMILES string of the molecule is O=C(C1CCOC1)N1CC=CCC1. The molecular formula is C10H15NO2. The van der Waals surface area contributed by atoms with Crippen LogP contribution >= 0.6 is 0 Å². The van der Waals surface area contributed by atoms with E-state index in [2.05, 4.69) is 12.2 Å². The van der Waals surface area contributed by atoms with Crippen molar-refractivity contribution in [3.63, 3.8) is 0 Å². The highest BCUT2D eigenvalue weighted by atomic mass is 16.5. The minimum absolute atomic E-state index is 0.131. The highest BCUT2D eigenvalue weighted by molar-refractivity contribution is 5.79. The van der Waals surface area contributed by atoms with Crippen LogP contribution in [0.4, 0.5) is 0 Å². The summed E-state index contributed by atoms with van der Waals surface area (Å²) in [6, 6.07) is 0. The first-order chi connectivity index (χ1) is 6.38. The summed E-state index contributed by atoms with van der Waals surface area (Å²) in [6.45, 7) is 3.04. The fourth-order valence-corrected chi connectivity index (χ4v) is 1.83. The predicted molar refractivity (Wildman–Crippen MR) is 49.3 cm³/mol. The van der Waals surface area contributed by atoms with Gasteiger partial charge in [-0.05, 0) is 12.8 Å². The van der Waals surface area contributed by atoms with Crippen LogP contribution in [-0.2, 0) is 9.53 Å². The molecular weight excluding hydrogens is 166 g/mol. The van der Waals surface area contributed by atoms with E-state index in [-0.39, 0.29) is 11.8 Å². The maximum absolute atomic E-state index is 11.8. The minimum Gasteiger partial charge on any atom is -0.381 e. The first-order valence-electron chi connectivity index (χ1n) is 4.89. The number of rotatable bonds is 1. The Balaban J connectivity index is 1.91. The highest BCUT2D eigenvalue weighted by Crippen LogP contribution is 2.16. The average molecular weight is 181 g/mol. The number of nitrogens with zero attached hydrogens (tertiary/aromatic N) is 1. The number of carbonyl (C=O) groups is 1. The molecule has 2 aliphatic heterocycles. The van der Waals surface area contributed by atoms with Crippen molar-refractivity contribution in [2.45, 2.75) is 12.8 Å². The Labute approximate surface area is 78.4 Å². The van der Waals surface area contributed by atoms with Crippen molar-refractivity contribution in [1.29, 1.82) is 0 Å². The molecule has 1 saturated heterocycles. The molecule has 3 nitrogen and oxygen atoms in total. The Kier molecular flexibility index (Phi) is 2.64. The first kappa shape index (κ1) is 8.75. The van der Waals surface area contributed by atoms with E-state index < -0.39 is 0 Å². The number of hydrogen-bond donors (Lipinski definition) is 0. The van der Waals surface area contributed by atoms with Gasteiger partial charge in [0.15, 0.2) is 0 Å². The normalized spacial score (nSPS) is 28.0. The second-order valence-electron chi connectivity index (χ2n) is 3.60. The van der Waals surface area contributed by atoms with E-state index in [1.165, 1.54) is 0 Å². The number of amides is 1. The zero-order chi connectivity index (χ0) is 9.10. The smallest absolute Gasteiger partial charge is 0.228 e. The van der Waals surface area contributed by atoms with Crippen LogP contribution in [0.3, 0.4) is 0 Å². The van der Waals surface area contributed by atoms with Gasteiger partial charge in [0.1, 0.15) is 0 Å². The summed E-state index contributed by atoms with van der Waals surface area (Å²) in [7, 11) is 0. The molecule has 0 saturated carbocycles. The van der Waals surface area contributed by atoms with Crippen molar-refractivity contribution in [2.75, 3.05) is 26.3 Å². The van der Waals surface area contributed by atoms with E-state index in [0.717, 1.165) is 32.5 Å². The van der Waals surface area contributed by atoms with Crippen LogP contribution in [0.1, 0.15) is 12.8 Å². The van der Waals surface area contributed by atoms with Crippen LogP contribution in [0.25, 0.3) is 0 Å². The van der Waals surface area contributed by atoms with Crippen LogP contribution in [-0.4, -0.2) is 37.1 Å². The quantitative estimate of drug-likeness (QED) is 0.560. The molecule has 1 fully saturated rings. The maximum Gasteiger partial charge on any atom is 0.228 e. The second kappa shape index (κ2) is 3.92. The van der Waals surface area contributed by atoms with E-state index >= 15 is 0 Å². The molecule has 72 valence electrons. The van der Waals surface area contributed by atoms with Crippen LogP contribution < -0.4 is 0 Å². The third kappa shape index (κ3) is 1.91. The lowest BCUT2D eigenvalue weighted by Crippen LogP contribution is -2.38. The fourth-order valence-electron chi connectivity index (χ4n) is 1.83. The molecule has 0 aromatic rings. The van der Waals surface area contributed by atoms with Crippen molar-refractivity contribution in [1.82, 2.24) is 4.90 Å². The molecule has 3 heteroatoms. The summed E-state index contributed by atoms with van der Waals surface area (Å²) in [4.78, 5) is 13.7. The topological polar surface area (TPSA) is 29.5 Å². The molecule has 0 N–H and O–H groups in total. The van der Waals surface area contributed by atoms with Gasteiger partial charge in [0.2, 0.25) is 5.91 Å². The van der Waals surface area contributed by atoms with E-state index in [0.29, 0.717) is 6.61 Å². The van der Waals surface area contributed by atoms with Gasteiger partial charge in [-0.15, -0.1) is 0 Å². The number of hydrogen-bond acceptors (Lipinski definition) is 2. The summed E-state index contributed by atoms with van der Waals surface area (Å²) >= 11 is 0. The Morgan fingerprint density at radius 3 is 3.00 bits per heavy atom. The molecule has 0 spiro atoms. The largest absolute Gasteiger partial charge is 0.381 e. The molecule has 2 rings (SSSR count). The molecule has 13 heavy (non-hydrogen) atoms. The molecule has 0 aromatic heterocycles. The van der Waals surface area contributed by atoms with E-state index in [1.54, 1.807) is 0 Å². The third-order valence-corrected chi connectivity index (χ3v) is 2.65. The lowest BCUT2D eigenvalue weighted by Gasteiger charge is -2.25. The Morgan fingerprint density at radius 1 is 1.46 bits per heavy atom. The van der Waals surface area contributed by atoms with Gasteiger partial charge in [-0.3, -0.25) is 4.79 Å². The molecule has 1 amide bonds. The van der Waals surface area contributed by atoms with Gasteiger partial charge in [0.05, 0.1) is 12.5 Å². The first-order valence-corrected chi connectivity index (χ1v) is 4.89. The number of ether oxygens (including phenoxy) is 1. The van der Waals surface area contributed by atoms with Gasteiger partial charge >= 0.3 is 0 Å². The van der Waals surface area contributed by atoms with Crippen LogP contribution in [0.5, 0.6) is 0 Å². The molecule has 0 aromatic carbocycles. The second-order valence-corrected chi connectivity index (χ2v) is 3.60. The Bertz CT molecular complexity index is 219. The van der Waals surface area contributed by atoms with Crippen LogP contribution in [0.15, 0.2) is 12.2 Å².